The molecule has 1 aromatic carbocycles. The van der Waals surface area contributed by atoms with Crippen LogP contribution in [0.3, 0.4) is 0 Å². The van der Waals surface area contributed by atoms with Crippen molar-refractivity contribution < 1.29 is 13.5 Å². The van der Waals surface area contributed by atoms with Gasteiger partial charge in [0.15, 0.2) is 0 Å². The fourth-order valence-electron chi connectivity index (χ4n) is 1.23. The van der Waals surface area contributed by atoms with Gasteiger partial charge < -0.3 is 10.5 Å². The molecule has 0 aliphatic carbocycles. The van der Waals surface area contributed by atoms with Crippen LogP contribution in [0.25, 0.3) is 0 Å². The van der Waals surface area contributed by atoms with E-state index in [0.717, 1.165) is 4.47 Å². The summed E-state index contributed by atoms with van der Waals surface area (Å²) in [6, 6.07) is 4.81. The van der Waals surface area contributed by atoms with E-state index in [2.05, 4.69) is 15.9 Å². The second kappa shape index (κ2) is 4.45. The predicted octanol–water partition coefficient (Wildman–Crippen LogP) is 2.90. The van der Waals surface area contributed by atoms with Crippen LogP contribution in [0.2, 0.25) is 0 Å². The Balaban J connectivity index is 3.24. The first kappa shape index (κ1) is 12.4. The van der Waals surface area contributed by atoms with Crippen molar-refractivity contribution in [3.05, 3.63) is 28.2 Å². The second-order valence-electron chi connectivity index (χ2n) is 3.43. The maximum Gasteiger partial charge on any atom is 0.260 e. The first-order chi connectivity index (χ1) is 6.89. The van der Waals surface area contributed by atoms with Crippen molar-refractivity contribution in [2.75, 3.05) is 7.11 Å². The lowest BCUT2D eigenvalue weighted by Gasteiger charge is -2.26. The van der Waals surface area contributed by atoms with E-state index in [9.17, 15) is 8.78 Å². The summed E-state index contributed by atoms with van der Waals surface area (Å²) in [7, 11) is 1.42. The molecule has 0 fully saturated rings. The van der Waals surface area contributed by atoms with Crippen molar-refractivity contribution in [2.45, 2.75) is 18.9 Å². The van der Waals surface area contributed by atoms with Crippen LogP contribution in [0.1, 0.15) is 12.5 Å². The third kappa shape index (κ3) is 2.46. The van der Waals surface area contributed by atoms with E-state index < -0.39 is 12.0 Å². The number of hydrogen-bond donors (Lipinski definition) is 1. The molecule has 1 unspecified atom stereocenters. The molecule has 0 spiro atoms. The summed E-state index contributed by atoms with van der Waals surface area (Å²) in [5.41, 5.74) is 4.15. The van der Waals surface area contributed by atoms with Gasteiger partial charge in [0.2, 0.25) is 0 Å². The molecule has 2 N–H and O–H groups in total. The van der Waals surface area contributed by atoms with Crippen LogP contribution < -0.4 is 10.5 Å². The Bertz CT molecular complexity index is 355. The van der Waals surface area contributed by atoms with E-state index in [1.54, 1.807) is 12.1 Å². The molecule has 0 aromatic heterocycles. The SMILES string of the molecule is COc1cc(Br)ccc1C(C)(N)C(F)F. The Labute approximate surface area is 95.5 Å². The third-order valence-corrected chi connectivity index (χ3v) is 2.69. The lowest BCUT2D eigenvalue weighted by Crippen LogP contribution is -2.40. The molecule has 0 bridgehead atoms. The summed E-state index contributed by atoms with van der Waals surface area (Å²) in [6.07, 6.45) is -2.65. The van der Waals surface area contributed by atoms with Crippen molar-refractivity contribution in [3.8, 4) is 5.75 Å². The topological polar surface area (TPSA) is 35.2 Å². The van der Waals surface area contributed by atoms with Gasteiger partial charge in [0.1, 0.15) is 11.3 Å². The number of halogens is 3. The highest BCUT2D eigenvalue weighted by molar-refractivity contribution is 9.10. The highest BCUT2D eigenvalue weighted by Gasteiger charge is 2.34. The number of benzene rings is 1. The van der Waals surface area contributed by atoms with Gasteiger partial charge in [-0.05, 0) is 19.1 Å². The third-order valence-electron chi connectivity index (χ3n) is 2.20. The molecule has 1 atom stereocenters. The van der Waals surface area contributed by atoms with Crippen LogP contribution in [0.4, 0.5) is 8.78 Å². The summed E-state index contributed by atoms with van der Waals surface area (Å²) >= 11 is 3.23. The van der Waals surface area contributed by atoms with Crippen molar-refractivity contribution in [1.82, 2.24) is 0 Å². The van der Waals surface area contributed by atoms with Crippen LogP contribution >= 0.6 is 15.9 Å². The molecule has 84 valence electrons. The molecule has 2 nitrogen and oxygen atoms in total. The fourth-order valence-corrected chi connectivity index (χ4v) is 1.57. The van der Waals surface area contributed by atoms with Gasteiger partial charge in [-0.2, -0.15) is 0 Å². The highest BCUT2D eigenvalue weighted by atomic mass is 79.9. The van der Waals surface area contributed by atoms with Gasteiger partial charge in [0, 0.05) is 10.0 Å². The van der Waals surface area contributed by atoms with E-state index in [-0.39, 0.29) is 0 Å². The van der Waals surface area contributed by atoms with E-state index >= 15 is 0 Å². The molecule has 5 heteroatoms. The fraction of sp³-hybridized carbons (Fsp3) is 0.400. The van der Waals surface area contributed by atoms with Crippen LogP contribution in [0.15, 0.2) is 22.7 Å². The van der Waals surface area contributed by atoms with Gasteiger partial charge in [0.25, 0.3) is 6.43 Å². The number of alkyl halides is 2. The van der Waals surface area contributed by atoms with Crippen molar-refractivity contribution in [3.63, 3.8) is 0 Å². The van der Waals surface area contributed by atoms with Gasteiger partial charge in [0.05, 0.1) is 7.11 Å². The first-order valence-corrected chi connectivity index (χ1v) is 5.10. The Morgan fingerprint density at radius 3 is 2.53 bits per heavy atom. The summed E-state index contributed by atoms with van der Waals surface area (Å²) in [5, 5.41) is 0. The zero-order valence-corrected chi connectivity index (χ0v) is 10.0. The molecule has 0 saturated carbocycles. The zero-order chi connectivity index (χ0) is 11.6. The number of nitrogens with two attached hydrogens (primary N) is 1. The highest BCUT2D eigenvalue weighted by Crippen LogP contribution is 2.34. The normalized spacial score (nSPS) is 15.1. The molecule has 0 saturated heterocycles. The summed E-state index contributed by atoms with van der Waals surface area (Å²) in [4.78, 5) is 0. The molecular formula is C10H12BrF2NO. The van der Waals surface area contributed by atoms with E-state index in [4.69, 9.17) is 10.5 Å². The Morgan fingerprint density at radius 1 is 1.47 bits per heavy atom. The Hall–Kier alpha value is -0.680. The smallest absolute Gasteiger partial charge is 0.260 e. The minimum atomic E-state index is -2.65. The molecule has 0 amide bonds. The van der Waals surface area contributed by atoms with Gasteiger partial charge in [-0.3, -0.25) is 0 Å². The predicted molar refractivity (Wildman–Crippen MR) is 58.2 cm³/mol. The average molecular weight is 280 g/mol. The standard InChI is InChI=1S/C10H12BrF2NO/c1-10(14,9(12)13)7-4-3-6(11)5-8(7)15-2/h3-5,9H,14H2,1-2H3. The molecule has 1 rings (SSSR count). The molecule has 0 radical (unpaired) electrons. The molecule has 0 aliphatic rings. The summed E-state index contributed by atoms with van der Waals surface area (Å²) in [5.74, 6) is 0.356. The minimum Gasteiger partial charge on any atom is -0.496 e. The summed E-state index contributed by atoms with van der Waals surface area (Å²) in [6.45, 7) is 1.28. The molecule has 1 aromatic rings. The van der Waals surface area contributed by atoms with E-state index in [1.807, 2.05) is 0 Å². The van der Waals surface area contributed by atoms with Crippen molar-refractivity contribution >= 4 is 15.9 Å². The van der Waals surface area contributed by atoms with Crippen LogP contribution in [-0.2, 0) is 5.54 Å². The largest absolute Gasteiger partial charge is 0.496 e. The van der Waals surface area contributed by atoms with Gasteiger partial charge in [-0.1, -0.05) is 22.0 Å². The number of hydrogen-bond acceptors (Lipinski definition) is 2. The molecule has 15 heavy (non-hydrogen) atoms. The zero-order valence-electron chi connectivity index (χ0n) is 8.43. The second-order valence-corrected chi connectivity index (χ2v) is 4.34. The maximum absolute atomic E-state index is 12.7. The monoisotopic (exact) mass is 279 g/mol. The summed E-state index contributed by atoms with van der Waals surface area (Å²) < 4.78 is 31.2. The van der Waals surface area contributed by atoms with Crippen LogP contribution in [0, 0.1) is 0 Å². The van der Waals surface area contributed by atoms with Crippen molar-refractivity contribution in [2.24, 2.45) is 5.73 Å². The van der Waals surface area contributed by atoms with Gasteiger partial charge >= 0.3 is 0 Å². The maximum atomic E-state index is 12.7. The van der Waals surface area contributed by atoms with Crippen LogP contribution in [-0.4, -0.2) is 13.5 Å². The Kier molecular flexibility index (Phi) is 3.67. The average Bonchev–Trinajstić information content (AvgIpc) is 2.16. The molecule has 0 heterocycles. The Morgan fingerprint density at radius 2 is 2.07 bits per heavy atom. The van der Waals surface area contributed by atoms with Gasteiger partial charge in [-0.25, -0.2) is 8.78 Å². The first-order valence-electron chi connectivity index (χ1n) is 4.30. The molecular weight excluding hydrogens is 268 g/mol. The molecule has 0 aliphatic heterocycles. The van der Waals surface area contributed by atoms with E-state index in [0.29, 0.717) is 11.3 Å². The quantitative estimate of drug-likeness (QED) is 0.924. The number of methoxy groups -OCH3 is 1. The lowest BCUT2D eigenvalue weighted by atomic mass is 9.93. The number of rotatable bonds is 3. The number of ether oxygens (including phenoxy) is 1. The lowest BCUT2D eigenvalue weighted by molar-refractivity contribution is 0.0610. The van der Waals surface area contributed by atoms with Gasteiger partial charge in [-0.15, -0.1) is 0 Å². The van der Waals surface area contributed by atoms with Crippen LogP contribution in [0.5, 0.6) is 5.75 Å². The minimum absolute atomic E-state index is 0.295. The van der Waals surface area contributed by atoms with Crippen molar-refractivity contribution in [1.29, 1.82) is 0 Å². The van der Waals surface area contributed by atoms with E-state index in [1.165, 1.54) is 20.1 Å².